The molecule has 0 bridgehead atoms. The molecule has 3 aromatic rings. The summed E-state index contributed by atoms with van der Waals surface area (Å²) < 4.78 is 0. The van der Waals surface area contributed by atoms with Crippen LogP contribution in [0.5, 0.6) is 0 Å². The zero-order valence-electron chi connectivity index (χ0n) is 14.4. The van der Waals surface area contributed by atoms with Crippen LogP contribution in [0.25, 0.3) is 28.0 Å². The molecule has 0 spiro atoms. The van der Waals surface area contributed by atoms with Gasteiger partial charge in [0, 0.05) is 6.42 Å². The first-order valence-electron chi connectivity index (χ1n) is 8.88. The van der Waals surface area contributed by atoms with Gasteiger partial charge in [-0.05, 0) is 57.9 Å². The van der Waals surface area contributed by atoms with Gasteiger partial charge in [0.1, 0.15) is 0 Å². The zero-order valence-corrected chi connectivity index (χ0v) is 14.4. The zero-order chi connectivity index (χ0) is 16.5. The highest BCUT2D eigenvalue weighted by Gasteiger charge is 2.17. The number of fused-ring (bicyclic) bond motifs is 2. The van der Waals surface area contributed by atoms with Gasteiger partial charge >= 0.3 is 0 Å². The molecular weight excluding hydrogens is 288 g/mol. The van der Waals surface area contributed by atoms with Gasteiger partial charge in [0.05, 0.1) is 0 Å². The molecule has 24 heavy (non-hydrogen) atoms. The van der Waals surface area contributed by atoms with Gasteiger partial charge in [-0.15, -0.1) is 0 Å². The van der Waals surface area contributed by atoms with Crippen LogP contribution in [0.2, 0.25) is 0 Å². The van der Waals surface area contributed by atoms with Crippen LogP contribution in [0.4, 0.5) is 0 Å². The Bertz CT molecular complexity index is 912. The average molecular weight is 311 g/mol. The molecule has 4 rings (SSSR count). The first-order chi connectivity index (χ1) is 11.7. The first-order valence-corrected chi connectivity index (χ1v) is 8.88. The molecule has 0 amide bonds. The highest BCUT2D eigenvalue weighted by Crippen LogP contribution is 2.37. The Morgan fingerprint density at radius 3 is 2.50 bits per heavy atom. The minimum atomic E-state index is 0.753. The lowest BCUT2D eigenvalue weighted by Crippen LogP contribution is -1.89. The quantitative estimate of drug-likeness (QED) is 0.492. The fourth-order valence-electron chi connectivity index (χ4n) is 3.51. The topological polar surface area (TPSA) is 0 Å². The van der Waals surface area contributed by atoms with Crippen molar-refractivity contribution >= 4 is 16.8 Å². The normalized spacial score (nSPS) is 13.4. The van der Waals surface area contributed by atoms with E-state index in [0.717, 1.165) is 5.92 Å². The number of hydrogen-bond acceptors (Lipinski definition) is 0. The van der Waals surface area contributed by atoms with Gasteiger partial charge in [0.25, 0.3) is 0 Å². The molecule has 0 nitrogen and oxygen atoms in total. The second-order valence-corrected chi connectivity index (χ2v) is 7.17. The molecular formula is C24H23. The van der Waals surface area contributed by atoms with E-state index in [2.05, 4.69) is 87.0 Å². The number of benzene rings is 3. The molecule has 0 aromatic heterocycles. The van der Waals surface area contributed by atoms with Crippen molar-refractivity contribution < 1.29 is 0 Å². The summed E-state index contributed by atoms with van der Waals surface area (Å²) in [7, 11) is 0. The van der Waals surface area contributed by atoms with Crippen LogP contribution in [0.3, 0.4) is 0 Å². The predicted octanol–water partition coefficient (Wildman–Crippen LogP) is 6.89. The molecule has 1 aliphatic rings. The van der Waals surface area contributed by atoms with Crippen LogP contribution in [0, 0.1) is 12.3 Å². The molecule has 0 N–H and O–H groups in total. The maximum Gasteiger partial charge on any atom is 0.0164 e. The number of rotatable bonds is 4. The van der Waals surface area contributed by atoms with E-state index in [-0.39, 0.29) is 0 Å². The Labute approximate surface area is 144 Å². The molecule has 0 unspecified atom stereocenters. The SMILES string of the molecule is CC(C)CCC1=Cc2c(cccc2-c2ccc3ccccc3c2)[CH]1. The highest BCUT2D eigenvalue weighted by atomic mass is 14.2. The van der Waals surface area contributed by atoms with Crippen molar-refractivity contribution in [3.63, 3.8) is 0 Å². The van der Waals surface area contributed by atoms with Gasteiger partial charge in [-0.1, -0.05) is 80.1 Å². The summed E-state index contributed by atoms with van der Waals surface area (Å²) in [6.07, 6.45) is 7.18. The van der Waals surface area contributed by atoms with Crippen LogP contribution in [0.15, 0.2) is 66.2 Å². The van der Waals surface area contributed by atoms with E-state index in [1.54, 1.807) is 0 Å². The lowest BCUT2D eigenvalue weighted by Gasteiger charge is -2.09. The molecule has 3 aromatic carbocycles. The summed E-state index contributed by atoms with van der Waals surface area (Å²) in [6, 6.07) is 22.0. The summed E-state index contributed by atoms with van der Waals surface area (Å²) in [5.41, 5.74) is 6.85. The van der Waals surface area contributed by atoms with Crippen LogP contribution >= 0.6 is 0 Å². The monoisotopic (exact) mass is 311 g/mol. The van der Waals surface area contributed by atoms with Crippen LogP contribution in [0.1, 0.15) is 37.8 Å². The van der Waals surface area contributed by atoms with Crippen molar-refractivity contribution in [2.45, 2.75) is 26.7 Å². The van der Waals surface area contributed by atoms with Crippen molar-refractivity contribution in [2.75, 3.05) is 0 Å². The number of allylic oxidation sites excluding steroid dienone is 1. The van der Waals surface area contributed by atoms with E-state index in [9.17, 15) is 0 Å². The lowest BCUT2D eigenvalue weighted by molar-refractivity contribution is 0.588. The Balaban J connectivity index is 1.73. The molecule has 0 saturated carbocycles. The van der Waals surface area contributed by atoms with Crippen molar-refractivity contribution in [3.8, 4) is 11.1 Å². The Morgan fingerprint density at radius 2 is 1.67 bits per heavy atom. The second-order valence-electron chi connectivity index (χ2n) is 7.17. The third kappa shape index (κ3) is 2.89. The second kappa shape index (κ2) is 6.28. The van der Waals surface area contributed by atoms with Crippen LogP contribution in [-0.4, -0.2) is 0 Å². The molecule has 0 heteroatoms. The molecule has 0 atom stereocenters. The molecule has 0 aliphatic heterocycles. The Kier molecular flexibility index (Phi) is 3.98. The van der Waals surface area contributed by atoms with Gasteiger partial charge in [0.15, 0.2) is 0 Å². The van der Waals surface area contributed by atoms with Gasteiger partial charge in [-0.25, -0.2) is 0 Å². The van der Waals surface area contributed by atoms with E-state index in [1.807, 2.05) is 0 Å². The smallest absolute Gasteiger partial charge is 0.0164 e. The third-order valence-corrected chi connectivity index (χ3v) is 4.88. The van der Waals surface area contributed by atoms with E-state index >= 15 is 0 Å². The standard InChI is InChI=1S/C24H23/c1-17(2)10-11-18-14-21-8-5-9-23(24(21)15-18)22-13-12-19-6-3-4-7-20(19)16-22/h3-9,12-17H,10-11H2,1-2H3. The third-order valence-electron chi connectivity index (χ3n) is 4.88. The van der Waals surface area contributed by atoms with Gasteiger partial charge in [-0.3, -0.25) is 0 Å². The predicted molar refractivity (Wildman–Crippen MR) is 105 cm³/mol. The van der Waals surface area contributed by atoms with E-state index in [0.29, 0.717) is 0 Å². The van der Waals surface area contributed by atoms with Crippen molar-refractivity contribution in [2.24, 2.45) is 5.92 Å². The molecule has 0 heterocycles. The number of hydrogen-bond donors (Lipinski definition) is 0. The fourth-order valence-corrected chi connectivity index (χ4v) is 3.51. The summed E-state index contributed by atoms with van der Waals surface area (Å²) >= 11 is 0. The minimum Gasteiger partial charge on any atom is -0.0628 e. The van der Waals surface area contributed by atoms with Crippen molar-refractivity contribution in [1.29, 1.82) is 0 Å². The van der Waals surface area contributed by atoms with Gasteiger partial charge in [-0.2, -0.15) is 0 Å². The molecule has 1 aliphatic carbocycles. The van der Waals surface area contributed by atoms with Crippen molar-refractivity contribution in [3.05, 3.63) is 83.8 Å². The molecule has 119 valence electrons. The average Bonchev–Trinajstić information content (AvgIpc) is 3.02. The minimum absolute atomic E-state index is 0.753. The summed E-state index contributed by atoms with van der Waals surface area (Å²) in [4.78, 5) is 0. The van der Waals surface area contributed by atoms with Gasteiger partial charge < -0.3 is 0 Å². The van der Waals surface area contributed by atoms with Crippen LogP contribution < -0.4 is 0 Å². The summed E-state index contributed by atoms with van der Waals surface area (Å²) in [5.74, 6) is 0.753. The fraction of sp³-hybridized carbons (Fsp3) is 0.208. The van der Waals surface area contributed by atoms with E-state index < -0.39 is 0 Å². The molecule has 0 saturated heterocycles. The summed E-state index contributed by atoms with van der Waals surface area (Å²) in [6.45, 7) is 4.59. The van der Waals surface area contributed by atoms with E-state index in [4.69, 9.17) is 0 Å². The van der Waals surface area contributed by atoms with E-state index in [1.165, 1.54) is 51.4 Å². The molecule has 0 fully saturated rings. The first kappa shape index (κ1) is 15.2. The maximum atomic E-state index is 2.39. The Morgan fingerprint density at radius 1 is 0.833 bits per heavy atom. The lowest BCUT2D eigenvalue weighted by atomic mass is 9.95. The van der Waals surface area contributed by atoms with Crippen LogP contribution in [-0.2, 0) is 0 Å². The molecule has 1 radical (unpaired) electrons. The largest absolute Gasteiger partial charge is 0.0628 e. The highest BCUT2D eigenvalue weighted by molar-refractivity contribution is 5.90. The Hall–Kier alpha value is -2.34. The maximum absolute atomic E-state index is 2.39. The van der Waals surface area contributed by atoms with Gasteiger partial charge in [0.2, 0.25) is 0 Å². The van der Waals surface area contributed by atoms with Crippen molar-refractivity contribution in [1.82, 2.24) is 0 Å². The summed E-state index contributed by atoms with van der Waals surface area (Å²) in [5, 5.41) is 2.60.